The number of rotatable bonds is 5. The number of anilines is 1. The van der Waals surface area contributed by atoms with E-state index >= 15 is 0 Å². The fourth-order valence-corrected chi connectivity index (χ4v) is 2.86. The van der Waals surface area contributed by atoms with Crippen LogP contribution in [0.15, 0.2) is 41.3 Å². The molecular weight excluding hydrogens is 444 g/mol. The van der Waals surface area contributed by atoms with Gasteiger partial charge in [-0.25, -0.2) is 13.2 Å². The minimum absolute atomic E-state index is 0.0518. The molecule has 0 aliphatic rings. The van der Waals surface area contributed by atoms with Gasteiger partial charge in [-0.3, -0.25) is 9.59 Å². The van der Waals surface area contributed by atoms with Crippen LogP contribution in [0.1, 0.15) is 37.6 Å². The average molecular weight is 465 g/mol. The predicted octanol–water partition coefficient (Wildman–Crippen LogP) is 6.61. The molecule has 170 valence electrons. The number of halogens is 6. The molecule has 2 aromatic rings. The molecule has 0 aliphatic carbocycles. The summed E-state index contributed by atoms with van der Waals surface area (Å²) < 4.78 is 75.8. The topological polar surface area (TPSA) is 37.4 Å². The van der Waals surface area contributed by atoms with E-state index in [9.17, 15) is 35.9 Å². The molecule has 0 bridgehead atoms. The third-order valence-corrected chi connectivity index (χ3v) is 4.98. The Bertz CT molecular complexity index is 912. The largest absolute Gasteiger partial charge is 0.446 e. The SMILES string of the molecule is CC(=O)N(C)c1ccc(SC(F)(F)F)cc1F.CCC(C)C(=O)c1c(F)cccc1F. The minimum atomic E-state index is -4.46. The van der Waals surface area contributed by atoms with Crippen LogP contribution in [0, 0.1) is 23.4 Å². The Kier molecular flexibility index (Phi) is 9.61. The molecule has 0 N–H and O–H groups in total. The predicted molar refractivity (Wildman–Crippen MR) is 108 cm³/mol. The molecule has 0 aliphatic heterocycles. The third-order valence-electron chi connectivity index (χ3n) is 4.26. The number of ketones is 1. The first-order valence-electron chi connectivity index (χ1n) is 9.06. The molecule has 10 heteroatoms. The molecule has 0 radical (unpaired) electrons. The summed E-state index contributed by atoms with van der Waals surface area (Å²) in [6.07, 6.45) is 0.576. The van der Waals surface area contributed by atoms with Crippen molar-refractivity contribution in [3.63, 3.8) is 0 Å². The highest BCUT2D eigenvalue weighted by molar-refractivity contribution is 8.00. The molecule has 0 aromatic heterocycles. The number of carbonyl (C=O) groups is 2. The second kappa shape index (κ2) is 11.2. The van der Waals surface area contributed by atoms with Crippen LogP contribution in [0.2, 0.25) is 0 Å². The highest BCUT2D eigenvalue weighted by Crippen LogP contribution is 2.38. The van der Waals surface area contributed by atoms with Crippen LogP contribution in [-0.2, 0) is 4.79 Å². The molecule has 1 unspecified atom stereocenters. The van der Waals surface area contributed by atoms with Gasteiger partial charge in [-0.2, -0.15) is 13.2 Å². The summed E-state index contributed by atoms with van der Waals surface area (Å²) in [6, 6.07) is 6.46. The second-order valence-electron chi connectivity index (χ2n) is 6.51. The number of alkyl halides is 3. The molecule has 31 heavy (non-hydrogen) atoms. The first-order valence-corrected chi connectivity index (χ1v) is 9.87. The minimum Gasteiger partial charge on any atom is -0.313 e. The Morgan fingerprint density at radius 2 is 1.58 bits per heavy atom. The standard InChI is InChI=1S/C11H12F2O.C10H9F4NOS/c1-3-7(2)11(14)10-8(12)5-4-6-9(10)13;1-6(16)15(2)9-4-3-7(5-8(9)11)17-10(12,13)14/h4-7H,3H2,1-2H3;3-5H,1-2H3. The first-order chi connectivity index (χ1) is 14.3. The average Bonchev–Trinajstić information content (AvgIpc) is 2.65. The third kappa shape index (κ3) is 7.93. The van der Waals surface area contributed by atoms with Gasteiger partial charge in [-0.05, 0) is 48.5 Å². The fourth-order valence-electron chi connectivity index (χ4n) is 2.29. The Morgan fingerprint density at radius 1 is 1.03 bits per heavy atom. The molecule has 0 fully saturated rings. The van der Waals surface area contributed by atoms with Crippen molar-refractivity contribution in [1.29, 1.82) is 0 Å². The van der Waals surface area contributed by atoms with Crippen LogP contribution in [0.25, 0.3) is 0 Å². The molecule has 1 amide bonds. The zero-order valence-corrected chi connectivity index (χ0v) is 18.0. The Labute approximate surface area is 180 Å². The first kappa shape index (κ1) is 26.5. The number of hydrogen-bond donors (Lipinski definition) is 0. The number of thioether (sulfide) groups is 1. The normalized spacial score (nSPS) is 11.9. The van der Waals surface area contributed by atoms with Gasteiger partial charge in [-0.1, -0.05) is 19.9 Å². The van der Waals surface area contributed by atoms with E-state index in [0.717, 1.165) is 35.2 Å². The van der Waals surface area contributed by atoms with E-state index in [2.05, 4.69) is 0 Å². The molecule has 2 rings (SSSR count). The maximum Gasteiger partial charge on any atom is 0.446 e. The fraction of sp³-hybridized carbons (Fsp3) is 0.333. The van der Waals surface area contributed by atoms with Crippen molar-refractivity contribution < 1.29 is 35.9 Å². The van der Waals surface area contributed by atoms with E-state index < -0.39 is 52.0 Å². The summed E-state index contributed by atoms with van der Waals surface area (Å²) in [7, 11) is 1.34. The monoisotopic (exact) mass is 465 g/mol. The summed E-state index contributed by atoms with van der Waals surface area (Å²) in [4.78, 5) is 23.3. The summed E-state index contributed by atoms with van der Waals surface area (Å²) in [5, 5.41) is 0. The van der Waals surface area contributed by atoms with Gasteiger partial charge in [0.15, 0.2) is 5.78 Å². The summed E-state index contributed by atoms with van der Waals surface area (Å²) >= 11 is -0.400. The van der Waals surface area contributed by atoms with Crippen LogP contribution < -0.4 is 4.90 Å². The smallest absolute Gasteiger partial charge is 0.313 e. The number of hydrogen-bond acceptors (Lipinski definition) is 3. The lowest BCUT2D eigenvalue weighted by Gasteiger charge is -2.16. The van der Waals surface area contributed by atoms with Crippen molar-refractivity contribution in [2.75, 3.05) is 11.9 Å². The van der Waals surface area contributed by atoms with E-state index in [4.69, 9.17) is 0 Å². The van der Waals surface area contributed by atoms with Crippen molar-refractivity contribution in [3.8, 4) is 0 Å². The van der Waals surface area contributed by atoms with E-state index in [1.54, 1.807) is 13.8 Å². The molecular formula is C21H21F6NO2S. The molecule has 0 spiro atoms. The zero-order chi connectivity index (χ0) is 23.9. The van der Waals surface area contributed by atoms with Crippen molar-refractivity contribution >= 4 is 29.1 Å². The van der Waals surface area contributed by atoms with Gasteiger partial charge in [0.1, 0.15) is 17.5 Å². The van der Waals surface area contributed by atoms with Crippen molar-refractivity contribution in [2.45, 2.75) is 37.6 Å². The van der Waals surface area contributed by atoms with Crippen molar-refractivity contribution in [2.24, 2.45) is 5.92 Å². The molecule has 0 saturated heterocycles. The molecule has 0 heterocycles. The number of carbonyl (C=O) groups excluding carboxylic acids is 2. The number of nitrogens with zero attached hydrogens (tertiary/aromatic N) is 1. The lowest BCUT2D eigenvalue weighted by atomic mass is 9.96. The quantitative estimate of drug-likeness (QED) is 0.283. The van der Waals surface area contributed by atoms with Gasteiger partial charge in [0.05, 0.1) is 11.3 Å². The summed E-state index contributed by atoms with van der Waals surface area (Å²) in [5.74, 6) is -3.65. The summed E-state index contributed by atoms with van der Waals surface area (Å²) in [6.45, 7) is 4.70. The van der Waals surface area contributed by atoms with Crippen LogP contribution in [0.5, 0.6) is 0 Å². The van der Waals surface area contributed by atoms with E-state index in [-0.39, 0.29) is 16.5 Å². The van der Waals surface area contributed by atoms with Gasteiger partial charge >= 0.3 is 5.51 Å². The zero-order valence-electron chi connectivity index (χ0n) is 17.2. The molecule has 2 aromatic carbocycles. The van der Waals surface area contributed by atoms with Gasteiger partial charge in [0.25, 0.3) is 0 Å². The highest BCUT2D eigenvalue weighted by Gasteiger charge is 2.29. The second-order valence-corrected chi connectivity index (χ2v) is 7.65. The Balaban J connectivity index is 0.000000316. The molecule has 3 nitrogen and oxygen atoms in total. The van der Waals surface area contributed by atoms with Crippen molar-refractivity contribution in [1.82, 2.24) is 0 Å². The van der Waals surface area contributed by atoms with Crippen LogP contribution >= 0.6 is 11.8 Å². The van der Waals surface area contributed by atoms with Crippen molar-refractivity contribution in [3.05, 3.63) is 59.4 Å². The van der Waals surface area contributed by atoms with Gasteiger partial charge in [0.2, 0.25) is 5.91 Å². The Hall–Kier alpha value is -2.49. The molecule has 0 saturated carbocycles. The lowest BCUT2D eigenvalue weighted by molar-refractivity contribution is -0.116. The highest BCUT2D eigenvalue weighted by atomic mass is 32.2. The van der Waals surface area contributed by atoms with E-state index in [1.165, 1.54) is 20.0 Å². The lowest BCUT2D eigenvalue weighted by Crippen LogP contribution is -2.23. The number of Topliss-reactive ketones (excluding diaryl/α,β-unsaturated/α-hetero) is 1. The van der Waals surface area contributed by atoms with E-state index in [1.807, 2.05) is 0 Å². The Morgan fingerprint density at radius 3 is 2.00 bits per heavy atom. The van der Waals surface area contributed by atoms with Gasteiger partial charge < -0.3 is 4.90 Å². The number of amides is 1. The van der Waals surface area contributed by atoms with Crippen LogP contribution in [-0.4, -0.2) is 24.2 Å². The summed E-state index contributed by atoms with van der Waals surface area (Å²) in [5.41, 5.74) is -4.92. The number of benzene rings is 2. The van der Waals surface area contributed by atoms with E-state index in [0.29, 0.717) is 6.42 Å². The van der Waals surface area contributed by atoms with Crippen LogP contribution in [0.4, 0.5) is 32.0 Å². The molecule has 1 atom stereocenters. The van der Waals surface area contributed by atoms with Crippen LogP contribution in [0.3, 0.4) is 0 Å². The maximum atomic E-state index is 13.5. The van der Waals surface area contributed by atoms with Gasteiger partial charge in [0, 0.05) is 24.8 Å². The maximum absolute atomic E-state index is 13.5. The van der Waals surface area contributed by atoms with Gasteiger partial charge in [-0.15, -0.1) is 0 Å².